The number of carbonyl (C=O) groups is 1. The maximum atomic E-state index is 12.4. The van der Waals surface area contributed by atoms with Gasteiger partial charge < -0.3 is 5.32 Å². The summed E-state index contributed by atoms with van der Waals surface area (Å²) in [4.78, 5) is 12.4. The summed E-state index contributed by atoms with van der Waals surface area (Å²) in [5.41, 5.74) is 4.08. The summed E-state index contributed by atoms with van der Waals surface area (Å²) >= 11 is 18.7. The third-order valence-corrected chi connectivity index (χ3v) is 4.99. The van der Waals surface area contributed by atoms with Crippen LogP contribution in [0.4, 0.5) is 5.69 Å². The quantitative estimate of drug-likeness (QED) is 0.562. The summed E-state index contributed by atoms with van der Waals surface area (Å²) in [6, 6.07) is 12.5. The Labute approximate surface area is 165 Å². The Kier molecular flexibility index (Phi) is 4.27. The first kappa shape index (κ1) is 17.2. The standard InChI is InChI=1S/C19H12Cl3N3O/c1-10-14(18(22)25(24-10)13-4-2-3-11(20)7-13)9-16-15-8-12(21)5-6-17(15)23-19(16)26/h2-9H,1H3,(H,23,26). The Bertz CT molecular complexity index is 1090. The molecule has 3 aromatic rings. The van der Waals surface area contributed by atoms with Crippen LogP contribution in [0.25, 0.3) is 17.3 Å². The van der Waals surface area contributed by atoms with Gasteiger partial charge in [0.2, 0.25) is 0 Å². The number of nitrogens with zero attached hydrogens (tertiary/aromatic N) is 2. The number of nitrogens with one attached hydrogen (secondary N) is 1. The zero-order valence-corrected chi connectivity index (χ0v) is 15.8. The SMILES string of the molecule is Cc1nn(-c2cccc(Cl)c2)c(Cl)c1C=C1C(=O)Nc2ccc(Cl)cc21. The minimum atomic E-state index is -0.201. The second kappa shape index (κ2) is 6.47. The highest BCUT2D eigenvalue weighted by Gasteiger charge is 2.25. The molecule has 1 aromatic heterocycles. The number of amides is 1. The van der Waals surface area contributed by atoms with E-state index in [-0.39, 0.29) is 5.91 Å². The molecule has 0 spiro atoms. The van der Waals surface area contributed by atoms with Gasteiger partial charge in [0.1, 0.15) is 5.15 Å². The molecule has 0 saturated carbocycles. The topological polar surface area (TPSA) is 46.9 Å². The number of anilines is 1. The minimum Gasteiger partial charge on any atom is -0.321 e. The van der Waals surface area contributed by atoms with Gasteiger partial charge in [-0.05, 0) is 49.4 Å². The number of benzene rings is 2. The molecule has 0 fully saturated rings. The van der Waals surface area contributed by atoms with Crippen molar-refractivity contribution in [3.63, 3.8) is 0 Å². The highest BCUT2D eigenvalue weighted by atomic mass is 35.5. The highest BCUT2D eigenvalue weighted by molar-refractivity contribution is 6.38. The first-order valence-electron chi connectivity index (χ1n) is 7.78. The number of halogens is 3. The maximum Gasteiger partial charge on any atom is 0.256 e. The molecule has 2 aromatic carbocycles. The molecule has 0 unspecified atom stereocenters. The van der Waals surface area contributed by atoms with Crippen molar-refractivity contribution in [3.8, 4) is 5.69 Å². The van der Waals surface area contributed by atoms with Crippen molar-refractivity contribution in [2.24, 2.45) is 0 Å². The van der Waals surface area contributed by atoms with Crippen LogP contribution in [0.5, 0.6) is 0 Å². The fourth-order valence-electron chi connectivity index (χ4n) is 2.90. The zero-order valence-electron chi connectivity index (χ0n) is 13.6. The van der Waals surface area contributed by atoms with Gasteiger partial charge in [-0.15, -0.1) is 0 Å². The normalized spacial score (nSPS) is 14.6. The first-order valence-corrected chi connectivity index (χ1v) is 8.91. The van der Waals surface area contributed by atoms with E-state index in [1.165, 1.54) is 0 Å². The van der Waals surface area contributed by atoms with Crippen molar-refractivity contribution in [2.45, 2.75) is 6.92 Å². The monoisotopic (exact) mass is 403 g/mol. The van der Waals surface area contributed by atoms with Crippen LogP contribution in [0.2, 0.25) is 15.2 Å². The lowest BCUT2D eigenvalue weighted by molar-refractivity contribution is -0.110. The van der Waals surface area contributed by atoms with Gasteiger partial charge in [-0.25, -0.2) is 4.68 Å². The van der Waals surface area contributed by atoms with E-state index in [2.05, 4.69) is 10.4 Å². The summed E-state index contributed by atoms with van der Waals surface area (Å²) in [5.74, 6) is -0.201. The second-order valence-electron chi connectivity index (χ2n) is 5.88. The molecule has 1 N–H and O–H groups in total. The molecular formula is C19H12Cl3N3O. The molecule has 4 nitrogen and oxygen atoms in total. The largest absolute Gasteiger partial charge is 0.321 e. The van der Waals surface area contributed by atoms with Crippen molar-refractivity contribution in [2.75, 3.05) is 5.32 Å². The van der Waals surface area contributed by atoms with Crippen LogP contribution in [-0.2, 0) is 4.79 Å². The van der Waals surface area contributed by atoms with Gasteiger partial charge in [-0.1, -0.05) is 40.9 Å². The molecule has 7 heteroatoms. The van der Waals surface area contributed by atoms with Gasteiger partial charge in [-0.3, -0.25) is 4.79 Å². The van der Waals surface area contributed by atoms with Crippen LogP contribution in [0.1, 0.15) is 16.8 Å². The van der Waals surface area contributed by atoms with Gasteiger partial charge in [0.15, 0.2) is 0 Å². The molecule has 0 bridgehead atoms. The Morgan fingerprint density at radius 2 is 1.85 bits per heavy atom. The van der Waals surface area contributed by atoms with Gasteiger partial charge in [0.05, 0.1) is 11.4 Å². The number of fused-ring (bicyclic) bond motifs is 1. The number of aromatic nitrogens is 2. The van der Waals surface area contributed by atoms with Crippen molar-refractivity contribution in [1.29, 1.82) is 0 Å². The third-order valence-electron chi connectivity index (χ3n) is 4.15. The summed E-state index contributed by atoms with van der Waals surface area (Å²) in [5, 5.41) is 8.86. The number of hydrogen-bond donors (Lipinski definition) is 1. The van der Waals surface area contributed by atoms with E-state index >= 15 is 0 Å². The number of rotatable bonds is 2. The molecule has 1 amide bonds. The molecule has 1 aliphatic heterocycles. The van der Waals surface area contributed by atoms with E-state index < -0.39 is 0 Å². The van der Waals surface area contributed by atoms with Gasteiger partial charge >= 0.3 is 0 Å². The van der Waals surface area contributed by atoms with Crippen LogP contribution >= 0.6 is 34.8 Å². The summed E-state index contributed by atoms with van der Waals surface area (Å²) in [6.45, 7) is 1.84. The summed E-state index contributed by atoms with van der Waals surface area (Å²) in [6.07, 6.45) is 1.74. The second-order valence-corrected chi connectivity index (χ2v) is 7.11. The van der Waals surface area contributed by atoms with Crippen molar-refractivity contribution in [3.05, 3.63) is 74.5 Å². The van der Waals surface area contributed by atoms with Crippen LogP contribution in [-0.4, -0.2) is 15.7 Å². The lowest BCUT2D eigenvalue weighted by Gasteiger charge is -2.03. The fraction of sp³-hybridized carbons (Fsp3) is 0.0526. The molecule has 26 heavy (non-hydrogen) atoms. The molecule has 0 radical (unpaired) electrons. The van der Waals surface area contributed by atoms with E-state index in [0.29, 0.717) is 32.0 Å². The average Bonchev–Trinajstić information content (AvgIpc) is 3.06. The smallest absolute Gasteiger partial charge is 0.256 e. The Morgan fingerprint density at radius 3 is 2.62 bits per heavy atom. The Balaban J connectivity index is 1.85. The first-order chi connectivity index (χ1) is 12.4. The van der Waals surface area contributed by atoms with Gasteiger partial charge in [-0.2, -0.15) is 5.10 Å². The summed E-state index contributed by atoms with van der Waals surface area (Å²) in [7, 11) is 0. The number of carbonyl (C=O) groups excluding carboxylic acids is 1. The van der Waals surface area contributed by atoms with E-state index in [1.807, 2.05) is 19.1 Å². The lowest BCUT2D eigenvalue weighted by atomic mass is 10.0. The average molecular weight is 405 g/mol. The van der Waals surface area contributed by atoms with E-state index in [0.717, 1.165) is 16.9 Å². The van der Waals surface area contributed by atoms with E-state index in [4.69, 9.17) is 34.8 Å². The fourth-order valence-corrected chi connectivity index (χ4v) is 3.59. The Morgan fingerprint density at radius 1 is 1.08 bits per heavy atom. The predicted molar refractivity (Wildman–Crippen MR) is 106 cm³/mol. The van der Waals surface area contributed by atoms with Crippen molar-refractivity contribution in [1.82, 2.24) is 9.78 Å². The van der Waals surface area contributed by atoms with Crippen molar-refractivity contribution >= 4 is 58.0 Å². The predicted octanol–water partition coefficient (Wildman–Crippen LogP) is 5.63. The molecule has 130 valence electrons. The van der Waals surface area contributed by atoms with Crippen LogP contribution < -0.4 is 5.32 Å². The molecule has 0 atom stereocenters. The molecular weight excluding hydrogens is 393 g/mol. The minimum absolute atomic E-state index is 0.201. The van der Waals surface area contributed by atoms with Gasteiger partial charge in [0, 0.05) is 32.4 Å². The number of hydrogen-bond acceptors (Lipinski definition) is 2. The third kappa shape index (κ3) is 2.90. The van der Waals surface area contributed by atoms with Crippen molar-refractivity contribution < 1.29 is 4.79 Å². The molecule has 1 aliphatic rings. The number of aryl methyl sites for hydroxylation is 1. The maximum absolute atomic E-state index is 12.4. The van der Waals surface area contributed by atoms with E-state index in [9.17, 15) is 4.79 Å². The highest BCUT2D eigenvalue weighted by Crippen LogP contribution is 2.36. The Hall–Kier alpha value is -2.27. The van der Waals surface area contributed by atoms with Gasteiger partial charge in [0.25, 0.3) is 5.91 Å². The van der Waals surface area contributed by atoms with Crippen LogP contribution in [0.15, 0.2) is 42.5 Å². The molecule has 0 saturated heterocycles. The van der Waals surface area contributed by atoms with Crippen LogP contribution in [0, 0.1) is 6.92 Å². The molecule has 0 aliphatic carbocycles. The van der Waals surface area contributed by atoms with E-state index in [1.54, 1.807) is 41.1 Å². The van der Waals surface area contributed by atoms with Crippen LogP contribution in [0.3, 0.4) is 0 Å². The molecule has 4 rings (SSSR count). The summed E-state index contributed by atoms with van der Waals surface area (Å²) < 4.78 is 1.60. The molecule has 2 heterocycles. The zero-order chi connectivity index (χ0) is 18.4. The lowest BCUT2D eigenvalue weighted by Crippen LogP contribution is -2.03.